The number of amides is 1. The Bertz CT molecular complexity index is 1060. The highest BCUT2D eigenvalue weighted by Gasteiger charge is 2.49. The van der Waals surface area contributed by atoms with Crippen LogP contribution < -0.4 is 4.90 Å². The number of para-hydroxylation sites is 1. The number of Topliss-reactive ketones (excluding diaryl/α,β-unsaturated/α-hetero) is 1. The van der Waals surface area contributed by atoms with Crippen molar-refractivity contribution in [2.75, 3.05) is 11.9 Å². The summed E-state index contributed by atoms with van der Waals surface area (Å²) in [6.45, 7) is 0. The van der Waals surface area contributed by atoms with Crippen molar-refractivity contribution < 1.29 is 19.8 Å². The van der Waals surface area contributed by atoms with Gasteiger partial charge in [-0.2, -0.15) is 0 Å². The van der Waals surface area contributed by atoms with Crippen LogP contribution in [0.5, 0.6) is 5.75 Å². The number of hydrogen-bond donors (Lipinski definition) is 2. The molecule has 130 valence electrons. The number of fused-ring (bicyclic) bond motifs is 2. The molecule has 0 spiro atoms. The van der Waals surface area contributed by atoms with Gasteiger partial charge in [0.2, 0.25) is 0 Å². The van der Waals surface area contributed by atoms with Gasteiger partial charge in [-0.3, -0.25) is 9.59 Å². The predicted molar refractivity (Wildman–Crippen MR) is 98.3 cm³/mol. The maximum atomic E-state index is 12.8. The van der Waals surface area contributed by atoms with E-state index in [2.05, 4.69) is 0 Å². The summed E-state index contributed by atoms with van der Waals surface area (Å²) in [6.07, 6.45) is -0.431. The third-order valence-electron chi connectivity index (χ3n) is 4.99. The van der Waals surface area contributed by atoms with Crippen LogP contribution in [0.1, 0.15) is 22.3 Å². The van der Waals surface area contributed by atoms with Crippen LogP contribution in [0.2, 0.25) is 0 Å². The zero-order valence-electron chi connectivity index (χ0n) is 14.1. The first-order valence-electron chi connectivity index (χ1n) is 8.27. The molecule has 1 amide bonds. The molecule has 3 aromatic rings. The number of hydrogen-bond acceptors (Lipinski definition) is 4. The number of phenolic OH excluding ortho intramolecular Hbond substituents is 1. The quantitative estimate of drug-likeness (QED) is 0.714. The Morgan fingerprint density at radius 3 is 2.54 bits per heavy atom. The third kappa shape index (κ3) is 2.21. The number of likely N-dealkylation sites (N-methyl/N-ethyl adjacent to an activating group) is 1. The molecule has 0 saturated carbocycles. The fraction of sp³-hybridized carbons (Fsp3) is 0.143. The number of aliphatic hydroxyl groups is 1. The summed E-state index contributed by atoms with van der Waals surface area (Å²) < 4.78 is 0. The van der Waals surface area contributed by atoms with Crippen LogP contribution in [-0.4, -0.2) is 29.0 Å². The number of carbonyl (C=O) groups excluding carboxylic acids is 2. The highest BCUT2D eigenvalue weighted by molar-refractivity contribution is 6.12. The minimum Gasteiger partial charge on any atom is -0.507 e. The molecule has 0 radical (unpaired) electrons. The van der Waals surface area contributed by atoms with E-state index in [0.717, 1.165) is 5.39 Å². The number of anilines is 1. The lowest BCUT2D eigenvalue weighted by atomic mass is 9.87. The maximum Gasteiger partial charge on any atom is 0.263 e. The van der Waals surface area contributed by atoms with E-state index in [-0.39, 0.29) is 11.3 Å². The van der Waals surface area contributed by atoms with E-state index in [4.69, 9.17) is 0 Å². The molecule has 3 aromatic carbocycles. The first-order chi connectivity index (χ1) is 12.4. The van der Waals surface area contributed by atoms with E-state index in [9.17, 15) is 19.8 Å². The minimum absolute atomic E-state index is 0.0944. The molecule has 0 bridgehead atoms. The zero-order valence-corrected chi connectivity index (χ0v) is 14.1. The lowest BCUT2D eigenvalue weighted by Gasteiger charge is -2.21. The largest absolute Gasteiger partial charge is 0.507 e. The summed E-state index contributed by atoms with van der Waals surface area (Å²) in [5.41, 5.74) is -0.853. The number of benzene rings is 3. The average Bonchev–Trinajstić information content (AvgIpc) is 2.84. The second-order valence-electron chi connectivity index (χ2n) is 6.52. The Morgan fingerprint density at radius 2 is 1.73 bits per heavy atom. The van der Waals surface area contributed by atoms with Crippen molar-refractivity contribution >= 4 is 28.2 Å². The molecule has 0 saturated heterocycles. The molecule has 1 aliphatic rings. The molecule has 4 rings (SSSR count). The third-order valence-corrected chi connectivity index (χ3v) is 4.99. The summed E-state index contributed by atoms with van der Waals surface area (Å²) >= 11 is 0. The van der Waals surface area contributed by atoms with Crippen LogP contribution in [0.15, 0.2) is 60.7 Å². The Morgan fingerprint density at radius 1 is 1.04 bits per heavy atom. The normalized spacial score (nSPS) is 19.0. The highest BCUT2D eigenvalue weighted by Crippen LogP contribution is 2.42. The summed E-state index contributed by atoms with van der Waals surface area (Å²) in [6, 6.07) is 17.3. The number of carbonyl (C=O) groups is 2. The molecular weight excluding hydrogens is 330 g/mol. The summed E-state index contributed by atoms with van der Waals surface area (Å²) in [7, 11) is 1.57. The number of nitrogens with zero attached hydrogens (tertiary/aromatic N) is 1. The van der Waals surface area contributed by atoms with Crippen molar-refractivity contribution in [3.8, 4) is 5.75 Å². The van der Waals surface area contributed by atoms with Gasteiger partial charge in [-0.1, -0.05) is 48.5 Å². The molecule has 0 fully saturated rings. The highest BCUT2D eigenvalue weighted by atomic mass is 16.3. The Balaban J connectivity index is 1.75. The van der Waals surface area contributed by atoms with Gasteiger partial charge in [0.05, 0.1) is 17.7 Å². The van der Waals surface area contributed by atoms with Gasteiger partial charge in [0.25, 0.3) is 5.91 Å². The number of ketones is 1. The van der Waals surface area contributed by atoms with E-state index in [1.54, 1.807) is 49.5 Å². The average molecular weight is 347 g/mol. The SMILES string of the molecule is CN1C(=O)[C@](O)(CC(=O)c2ccc3ccccc3c2O)c2ccccc21. The van der Waals surface area contributed by atoms with E-state index in [0.29, 0.717) is 16.6 Å². The molecule has 0 aliphatic carbocycles. The second kappa shape index (κ2) is 5.68. The lowest BCUT2D eigenvalue weighted by Crippen LogP contribution is -2.40. The van der Waals surface area contributed by atoms with Crippen LogP contribution in [-0.2, 0) is 10.4 Å². The number of rotatable bonds is 3. The van der Waals surface area contributed by atoms with Crippen LogP contribution in [0.4, 0.5) is 5.69 Å². The van der Waals surface area contributed by atoms with Gasteiger partial charge < -0.3 is 15.1 Å². The summed E-state index contributed by atoms with van der Waals surface area (Å²) in [5.74, 6) is -1.18. The van der Waals surface area contributed by atoms with Gasteiger partial charge in [0.1, 0.15) is 5.75 Å². The van der Waals surface area contributed by atoms with Crippen molar-refractivity contribution in [1.82, 2.24) is 0 Å². The van der Waals surface area contributed by atoms with Crippen molar-refractivity contribution in [2.24, 2.45) is 0 Å². The van der Waals surface area contributed by atoms with Gasteiger partial charge >= 0.3 is 0 Å². The standard InChI is InChI=1S/C21H17NO4/c1-22-17-9-5-4-8-16(17)21(26,20(22)25)12-18(23)15-11-10-13-6-2-3-7-14(13)19(15)24/h2-11,24,26H,12H2,1H3/t21-/m0/s1. The predicted octanol–water partition coefficient (Wildman–Crippen LogP) is 2.98. The molecule has 0 unspecified atom stereocenters. The van der Waals surface area contributed by atoms with Gasteiger partial charge in [-0.15, -0.1) is 0 Å². The first kappa shape index (κ1) is 16.3. The second-order valence-corrected chi connectivity index (χ2v) is 6.52. The van der Waals surface area contributed by atoms with E-state index in [1.165, 1.54) is 11.0 Å². The van der Waals surface area contributed by atoms with Crippen molar-refractivity contribution in [3.05, 3.63) is 71.8 Å². The van der Waals surface area contributed by atoms with Crippen molar-refractivity contribution in [3.63, 3.8) is 0 Å². The number of aromatic hydroxyl groups is 1. The van der Waals surface area contributed by atoms with Crippen LogP contribution in [0, 0.1) is 0 Å². The van der Waals surface area contributed by atoms with E-state index < -0.39 is 23.7 Å². The first-order valence-corrected chi connectivity index (χ1v) is 8.27. The van der Waals surface area contributed by atoms with Crippen LogP contribution >= 0.6 is 0 Å². The lowest BCUT2D eigenvalue weighted by molar-refractivity contribution is -0.135. The van der Waals surface area contributed by atoms with Gasteiger partial charge in [0.15, 0.2) is 11.4 Å². The topological polar surface area (TPSA) is 77.8 Å². The van der Waals surface area contributed by atoms with Crippen molar-refractivity contribution in [2.45, 2.75) is 12.0 Å². The fourth-order valence-corrected chi connectivity index (χ4v) is 3.60. The molecule has 1 atom stereocenters. The monoisotopic (exact) mass is 347 g/mol. The Kier molecular flexibility index (Phi) is 3.56. The number of phenols is 1. The molecule has 1 heterocycles. The molecule has 26 heavy (non-hydrogen) atoms. The molecule has 2 N–H and O–H groups in total. The van der Waals surface area contributed by atoms with E-state index >= 15 is 0 Å². The smallest absolute Gasteiger partial charge is 0.263 e. The Hall–Kier alpha value is -3.18. The van der Waals surface area contributed by atoms with Crippen LogP contribution in [0.25, 0.3) is 10.8 Å². The van der Waals surface area contributed by atoms with Crippen molar-refractivity contribution in [1.29, 1.82) is 0 Å². The minimum atomic E-state index is -1.93. The molecular formula is C21H17NO4. The van der Waals surface area contributed by atoms with Gasteiger partial charge in [-0.05, 0) is 17.5 Å². The zero-order chi connectivity index (χ0) is 18.5. The summed E-state index contributed by atoms with van der Waals surface area (Å²) in [5, 5.41) is 22.9. The molecule has 0 aromatic heterocycles. The maximum absolute atomic E-state index is 12.8. The molecule has 1 aliphatic heterocycles. The fourth-order valence-electron chi connectivity index (χ4n) is 3.60. The van der Waals surface area contributed by atoms with Gasteiger partial charge in [0, 0.05) is 18.0 Å². The molecule has 5 nitrogen and oxygen atoms in total. The van der Waals surface area contributed by atoms with E-state index in [1.807, 2.05) is 12.1 Å². The van der Waals surface area contributed by atoms with Gasteiger partial charge in [-0.25, -0.2) is 0 Å². The Labute approximate surface area is 150 Å². The molecule has 5 heteroatoms. The van der Waals surface area contributed by atoms with Crippen LogP contribution in [0.3, 0.4) is 0 Å². The summed E-state index contributed by atoms with van der Waals surface area (Å²) in [4.78, 5) is 26.8.